The van der Waals surface area contributed by atoms with E-state index in [0.29, 0.717) is 28.9 Å². The van der Waals surface area contributed by atoms with Gasteiger partial charge in [-0.3, -0.25) is 4.79 Å². The molecule has 1 aromatic carbocycles. The van der Waals surface area contributed by atoms with Crippen molar-refractivity contribution < 1.29 is 15.0 Å². The number of nitrogens with one attached hydrogen (secondary N) is 1. The number of nitriles is 1. The van der Waals surface area contributed by atoms with Crippen molar-refractivity contribution in [2.24, 2.45) is 0 Å². The molecule has 120 valence electrons. The van der Waals surface area contributed by atoms with E-state index in [9.17, 15) is 20.3 Å². The fourth-order valence-corrected chi connectivity index (χ4v) is 3.36. The summed E-state index contributed by atoms with van der Waals surface area (Å²) in [6.45, 7) is 0. The van der Waals surface area contributed by atoms with Crippen molar-refractivity contribution >= 4 is 11.6 Å². The topological polar surface area (TPSA) is 111 Å². The van der Waals surface area contributed by atoms with Crippen LogP contribution in [0.3, 0.4) is 0 Å². The first-order valence-electron chi connectivity index (χ1n) is 7.63. The first kappa shape index (κ1) is 14.3. The van der Waals surface area contributed by atoms with Crippen LogP contribution in [0.25, 0.3) is 0 Å². The minimum atomic E-state index is -0.530. The largest absolute Gasteiger partial charge is 0.504 e. The van der Waals surface area contributed by atoms with Crippen LogP contribution in [0.4, 0.5) is 5.82 Å². The molecule has 0 unspecified atom stereocenters. The Labute approximate surface area is 137 Å². The van der Waals surface area contributed by atoms with E-state index in [-0.39, 0.29) is 17.3 Å². The number of phenols is 2. The molecular weight excluding hydrogens is 308 g/mol. The molecule has 1 aromatic heterocycles. The molecule has 0 fully saturated rings. The summed E-state index contributed by atoms with van der Waals surface area (Å²) in [6, 6.07) is 6.02. The lowest BCUT2D eigenvalue weighted by Gasteiger charge is -2.33. The van der Waals surface area contributed by atoms with E-state index >= 15 is 0 Å². The molecule has 24 heavy (non-hydrogen) atoms. The van der Waals surface area contributed by atoms with Gasteiger partial charge in [0.05, 0.1) is 6.20 Å². The zero-order valence-electron chi connectivity index (χ0n) is 12.7. The summed E-state index contributed by atoms with van der Waals surface area (Å²) in [5.41, 5.74) is 2.43. The number of hydrogen-bond acceptors (Lipinski definition) is 6. The van der Waals surface area contributed by atoms with Crippen LogP contribution in [0, 0.1) is 11.3 Å². The summed E-state index contributed by atoms with van der Waals surface area (Å²) < 4.78 is 1.59. The molecule has 7 nitrogen and oxygen atoms in total. The van der Waals surface area contributed by atoms with Crippen LogP contribution in [0.5, 0.6) is 11.5 Å². The third-order valence-corrected chi connectivity index (χ3v) is 4.47. The molecule has 0 spiro atoms. The number of anilines is 1. The van der Waals surface area contributed by atoms with Crippen LogP contribution < -0.4 is 5.32 Å². The van der Waals surface area contributed by atoms with E-state index in [1.54, 1.807) is 10.7 Å². The van der Waals surface area contributed by atoms with Crippen molar-refractivity contribution in [1.82, 2.24) is 9.78 Å². The number of allylic oxidation sites excluding steroid dienone is 2. The predicted octanol–water partition coefficient (Wildman–Crippen LogP) is 2.19. The van der Waals surface area contributed by atoms with Gasteiger partial charge in [-0.25, -0.2) is 4.68 Å². The van der Waals surface area contributed by atoms with E-state index in [1.165, 1.54) is 18.3 Å². The lowest BCUT2D eigenvalue weighted by Crippen LogP contribution is -2.31. The minimum absolute atomic E-state index is 0.0287. The molecule has 1 aliphatic carbocycles. The predicted molar refractivity (Wildman–Crippen MR) is 84.4 cm³/mol. The molecule has 0 radical (unpaired) electrons. The van der Waals surface area contributed by atoms with Gasteiger partial charge in [0.2, 0.25) is 0 Å². The van der Waals surface area contributed by atoms with Crippen molar-refractivity contribution in [3.8, 4) is 17.6 Å². The van der Waals surface area contributed by atoms with Crippen LogP contribution in [0.1, 0.15) is 36.4 Å². The number of rotatable bonds is 1. The second-order valence-corrected chi connectivity index (χ2v) is 5.91. The number of ketones is 1. The molecule has 1 aliphatic heterocycles. The first-order chi connectivity index (χ1) is 11.6. The molecule has 0 saturated heterocycles. The van der Waals surface area contributed by atoms with E-state index in [0.717, 1.165) is 18.5 Å². The van der Waals surface area contributed by atoms with E-state index in [4.69, 9.17) is 0 Å². The fraction of sp³-hybridized carbons (Fsp3) is 0.235. The van der Waals surface area contributed by atoms with E-state index < -0.39 is 6.04 Å². The highest BCUT2D eigenvalue weighted by atomic mass is 16.3. The normalized spacial score (nSPS) is 19.3. The van der Waals surface area contributed by atoms with Crippen molar-refractivity contribution in [2.45, 2.75) is 25.3 Å². The minimum Gasteiger partial charge on any atom is -0.504 e. The van der Waals surface area contributed by atoms with Crippen LogP contribution >= 0.6 is 0 Å². The highest BCUT2D eigenvalue weighted by molar-refractivity contribution is 5.99. The average molecular weight is 322 g/mol. The fourth-order valence-electron chi connectivity index (χ4n) is 3.36. The first-order valence-corrected chi connectivity index (χ1v) is 7.63. The molecule has 0 bridgehead atoms. The van der Waals surface area contributed by atoms with Crippen LogP contribution in [0.2, 0.25) is 0 Å². The van der Waals surface area contributed by atoms with Gasteiger partial charge in [-0.05, 0) is 30.5 Å². The standard InChI is InChI=1S/C17H14N4O3/c18-7-10-8-19-21-16(9-4-5-12(22)14(24)6-9)15-11(20-17(10)21)2-1-3-13(15)23/h4-6,8,16,20,22,24H,1-3H2/t16-/m1/s1. The SMILES string of the molecule is N#Cc1cnn2c1NC1=C(C(=O)CCC1)[C@H]2c1ccc(O)c(O)c1. The second-order valence-electron chi connectivity index (χ2n) is 5.91. The number of aromatic nitrogens is 2. The molecular formula is C17H14N4O3. The Kier molecular flexibility index (Phi) is 3.06. The van der Waals surface area contributed by atoms with Crippen molar-refractivity contribution in [3.05, 3.63) is 46.8 Å². The average Bonchev–Trinajstić information content (AvgIpc) is 2.98. The molecule has 1 atom stereocenters. The Morgan fingerprint density at radius 3 is 2.88 bits per heavy atom. The highest BCUT2D eigenvalue weighted by Gasteiger charge is 2.36. The summed E-state index contributed by atoms with van der Waals surface area (Å²) in [7, 11) is 0. The Morgan fingerprint density at radius 1 is 1.29 bits per heavy atom. The van der Waals surface area contributed by atoms with Gasteiger partial charge in [-0.15, -0.1) is 0 Å². The number of benzene rings is 1. The van der Waals surface area contributed by atoms with Crippen LogP contribution in [-0.4, -0.2) is 25.8 Å². The summed E-state index contributed by atoms with van der Waals surface area (Å²) in [6.07, 6.45) is 3.40. The number of nitrogens with zero attached hydrogens (tertiary/aromatic N) is 3. The molecule has 3 N–H and O–H groups in total. The van der Waals surface area contributed by atoms with E-state index in [1.807, 2.05) is 0 Å². The van der Waals surface area contributed by atoms with Gasteiger partial charge in [-0.1, -0.05) is 6.07 Å². The zero-order chi connectivity index (χ0) is 16.8. The highest BCUT2D eigenvalue weighted by Crippen LogP contribution is 2.42. The number of carbonyl (C=O) groups is 1. The lowest BCUT2D eigenvalue weighted by molar-refractivity contribution is -0.116. The van der Waals surface area contributed by atoms with Gasteiger partial charge in [0.25, 0.3) is 0 Å². The van der Waals surface area contributed by atoms with Gasteiger partial charge < -0.3 is 15.5 Å². The third-order valence-electron chi connectivity index (χ3n) is 4.47. The summed E-state index contributed by atoms with van der Waals surface area (Å²) in [4.78, 5) is 12.5. The van der Waals surface area contributed by atoms with Crippen molar-refractivity contribution in [1.29, 1.82) is 5.26 Å². The van der Waals surface area contributed by atoms with Crippen molar-refractivity contribution in [3.63, 3.8) is 0 Å². The monoisotopic (exact) mass is 322 g/mol. The number of carbonyl (C=O) groups excluding carboxylic acids is 1. The maximum Gasteiger partial charge on any atom is 0.163 e. The summed E-state index contributed by atoms with van der Waals surface area (Å²) in [5.74, 6) is 0.0883. The maximum atomic E-state index is 12.5. The molecule has 4 rings (SSSR count). The van der Waals surface area contributed by atoms with Gasteiger partial charge in [0.15, 0.2) is 17.3 Å². The van der Waals surface area contributed by atoms with E-state index in [2.05, 4.69) is 16.5 Å². The number of hydrogen-bond donors (Lipinski definition) is 3. The number of phenolic OH excluding ortho intramolecular Hbond substituents is 2. The molecule has 2 aliphatic rings. The van der Waals surface area contributed by atoms with Crippen molar-refractivity contribution in [2.75, 3.05) is 5.32 Å². The van der Waals surface area contributed by atoms with Crippen LogP contribution in [0.15, 0.2) is 35.7 Å². The Balaban J connectivity index is 1.95. The number of fused-ring (bicyclic) bond motifs is 1. The quantitative estimate of drug-likeness (QED) is 0.694. The summed E-state index contributed by atoms with van der Waals surface area (Å²) in [5, 5.41) is 36.1. The smallest absolute Gasteiger partial charge is 0.163 e. The summed E-state index contributed by atoms with van der Waals surface area (Å²) >= 11 is 0. The molecule has 0 amide bonds. The van der Waals surface area contributed by atoms with Crippen LogP contribution in [-0.2, 0) is 4.79 Å². The molecule has 2 heterocycles. The maximum absolute atomic E-state index is 12.5. The van der Waals surface area contributed by atoms with Gasteiger partial charge in [-0.2, -0.15) is 10.4 Å². The molecule has 7 heteroatoms. The number of Topliss-reactive ketones (excluding diaryl/α,β-unsaturated/α-hetero) is 1. The van der Waals surface area contributed by atoms with Gasteiger partial charge in [0.1, 0.15) is 23.5 Å². The molecule has 0 saturated carbocycles. The Hall–Kier alpha value is -3.27. The van der Waals surface area contributed by atoms with Gasteiger partial charge in [0, 0.05) is 17.7 Å². The second kappa shape index (κ2) is 5.13. The molecule has 2 aromatic rings. The number of aromatic hydroxyl groups is 2. The zero-order valence-corrected chi connectivity index (χ0v) is 12.7. The third kappa shape index (κ3) is 1.97. The Bertz CT molecular complexity index is 936. The lowest BCUT2D eigenvalue weighted by atomic mass is 9.85. The van der Waals surface area contributed by atoms with Gasteiger partial charge >= 0.3 is 0 Å². The Morgan fingerprint density at radius 2 is 2.12 bits per heavy atom.